The van der Waals surface area contributed by atoms with E-state index in [1.807, 2.05) is 49.5 Å². The van der Waals surface area contributed by atoms with Crippen molar-refractivity contribution in [2.24, 2.45) is 0 Å². The number of carbonyl (C=O) groups is 1. The second-order valence-corrected chi connectivity index (χ2v) is 6.42. The smallest absolute Gasteiger partial charge is 0.233 e. The van der Waals surface area contributed by atoms with Gasteiger partial charge in [-0.3, -0.25) is 4.79 Å². The van der Waals surface area contributed by atoms with Crippen molar-refractivity contribution in [2.45, 2.75) is 18.3 Å². The van der Waals surface area contributed by atoms with E-state index >= 15 is 0 Å². The molecule has 1 saturated carbocycles. The molecule has 0 radical (unpaired) electrons. The number of halogens is 1. The Morgan fingerprint density at radius 1 is 1.17 bits per heavy atom. The van der Waals surface area contributed by atoms with Crippen LogP contribution in [0.15, 0.2) is 54.6 Å². The van der Waals surface area contributed by atoms with Gasteiger partial charge in [-0.05, 0) is 36.6 Å². The Morgan fingerprint density at radius 2 is 1.91 bits per heavy atom. The lowest BCUT2D eigenvalue weighted by Gasteiger charge is -2.24. The van der Waals surface area contributed by atoms with Gasteiger partial charge < -0.3 is 9.64 Å². The van der Waals surface area contributed by atoms with Gasteiger partial charge in [0.05, 0.1) is 12.0 Å². The maximum absolute atomic E-state index is 12.8. The second-order valence-electron chi connectivity index (χ2n) is 5.98. The van der Waals surface area contributed by atoms with Gasteiger partial charge >= 0.3 is 0 Å². The molecular formula is C19H20ClNO2. The first kappa shape index (κ1) is 15.9. The van der Waals surface area contributed by atoms with Crippen molar-refractivity contribution in [3.05, 3.63) is 65.2 Å². The lowest BCUT2D eigenvalue weighted by molar-refractivity contribution is -0.133. The topological polar surface area (TPSA) is 29.5 Å². The van der Waals surface area contributed by atoms with Crippen LogP contribution >= 0.6 is 11.6 Å². The molecule has 0 aromatic heterocycles. The molecule has 1 fully saturated rings. The summed E-state index contributed by atoms with van der Waals surface area (Å²) in [6.45, 7) is 1.01. The number of hydrogen-bond acceptors (Lipinski definition) is 2. The molecule has 1 aliphatic carbocycles. The summed E-state index contributed by atoms with van der Waals surface area (Å²) in [5.74, 6) is 0.904. The molecule has 0 heterocycles. The number of hydrogen-bond donors (Lipinski definition) is 0. The first-order valence-corrected chi connectivity index (χ1v) is 8.19. The van der Waals surface area contributed by atoms with Crippen molar-refractivity contribution < 1.29 is 9.53 Å². The van der Waals surface area contributed by atoms with Crippen LogP contribution in [0.3, 0.4) is 0 Å². The number of likely N-dealkylation sites (N-methyl/N-ethyl adjacent to an activating group) is 1. The molecule has 2 aromatic rings. The van der Waals surface area contributed by atoms with Crippen LogP contribution < -0.4 is 4.74 Å². The summed E-state index contributed by atoms with van der Waals surface area (Å²) in [4.78, 5) is 14.5. The van der Waals surface area contributed by atoms with Crippen molar-refractivity contribution in [3.63, 3.8) is 0 Å². The van der Waals surface area contributed by atoms with E-state index < -0.39 is 0 Å². The van der Waals surface area contributed by atoms with E-state index in [-0.39, 0.29) is 11.3 Å². The fraction of sp³-hybridized carbons (Fsp3) is 0.316. The fourth-order valence-electron chi connectivity index (χ4n) is 2.83. The molecule has 1 amide bonds. The van der Waals surface area contributed by atoms with Crippen molar-refractivity contribution in [1.82, 2.24) is 4.90 Å². The molecule has 3 nitrogen and oxygen atoms in total. The zero-order chi connectivity index (χ0) is 16.3. The minimum Gasteiger partial charge on any atom is -0.492 e. The number of benzene rings is 2. The van der Waals surface area contributed by atoms with Crippen LogP contribution in [0.25, 0.3) is 0 Å². The number of ether oxygens (including phenoxy) is 1. The summed E-state index contributed by atoms with van der Waals surface area (Å²) in [5, 5.41) is 0.646. The van der Waals surface area contributed by atoms with Crippen molar-refractivity contribution >= 4 is 17.5 Å². The zero-order valence-corrected chi connectivity index (χ0v) is 13.9. The predicted molar refractivity (Wildman–Crippen MR) is 91.9 cm³/mol. The summed E-state index contributed by atoms with van der Waals surface area (Å²) < 4.78 is 5.67. The average Bonchev–Trinajstić information content (AvgIpc) is 3.37. The molecule has 0 unspecified atom stereocenters. The highest BCUT2D eigenvalue weighted by molar-refractivity contribution is 6.30. The number of nitrogens with zero attached hydrogens (tertiary/aromatic N) is 1. The highest BCUT2D eigenvalue weighted by Gasteiger charge is 2.52. The molecule has 0 aliphatic heterocycles. The summed E-state index contributed by atoms with van der Waals surface area (Å²) in [6.07, 6.45) is 1.85. The van der Waals surface area contributed by atoms with E-state index in [0.29, 0.717) is 18.2 Å². The van der Waals surface area contributed by atoms with Gasteiger partial charge in [0.25, 0.3) is 0 Å². The highest BCUT2D eigenvalue weighted by Crippen LogP contribution is 2.49. The highest BCUT2D eigenvalue weighted by atomic mass is 35.5. The van der Waals surface area contributed by atoms with Gasteiger partial charge in [0.1, 0.15) is 12.4 Å². The molecule has 0 spiro atoms. The molecular weight excluding hydrogens is 310 g/mol. The standard InChI is InChI=1S/C19H20ClNO2/c1-21(12-13-23-17-9-5-8-16(20)14-17)18(22)19(10-11-19)15-6-3-2-4-7-15/h2-9,14H,10-13H2,1H3. The van der Waals surface area contributed by atoms with Crippen LogP contribution in [0.2, 0.25) is 5.02 Å². The van der Waals surface area contributed by atoms with E-state index in [1.54, 1.807) is 17.0 Å². The van der Waals surface area contributed by atoms with Gasteiger partial charge in [-0.1, -0.05) is 48.0 Å². The third-order valence-electron chi connectivity index (χ3n) is 4.32. The molecule has 3 rings (SSSR count). The molecule has 120 valence electrons. The Labute approximate surface area is 141 Å². The van der Waals surface area contributed by atoms with Crippen LogP contribution in [0.4, 0.5) is 0 Å². The van der Waals surface area contributed by atoms with Gasteiger partial charge in [0.15, 0.2) is 0 Å². The number of carbonyl (C=O) groups excluding carboxylic acids is 1. The third-order valence-corrected chi connectivity index (χ3v) is 4.56. The maximum Gasteiger partial charge on any atom is 0.233 e. The summed E-state index contributed by atoms with van der Waals surface area (Å²) in [6, 6.07) is 17.3. The van der Waals surface area contributed by atoms with Gasteiger partial charge in [-0.2, -0.15) is 0 Å². The van der Waals surface area contributed by atoms with Crippen LogP contribution in [0.1, 0.15) is 18.4 Å². The summed E-state index contributed by atoms with van der Waals surface area (Å²) >= 11 is 5.93. The van der Waals surface area contributed by atoms with Gasteiger partial charge in [0, 0.05) is 12.1 Å². The predicted octanol–water partition coefficient (Wildman–Crippen LogP) is 3.91. The minimum atomic E-state index is -0.313. The van der Waals surface area contributed by atoms with E-state index in [1.165, 1.54) is 0 Å². The first-order valence-electron chi connectivity index (χ1n) is 7.81. The van der Waals surface area contributed by atoms with Crippen LogP contribution in [-0.4, -0.2) is 31.0 Å². The SMILES string of the molecule is CN(CCOc1cccc(Cl)c1)C(=O)C1(c2ccccc2)CC1. The summed E-state index contributed by atoms with van der Waals surface area (Å²) in [7, 11) is 1.84. The van der Waals surface area contributed by atoms with Crippen LogP contribution in [0.5, 0.6) is 5.75 Å². The van der Waals surface area contributed by atoms with E-state index in [9.17, 15) is 4.79 Å². The Bertz CT molecular complexity index is 683. The molecule has 1 aliphatic rings. The maximum atomic E-state index is 12.8. The first-order chi connectivity index (χ1) is 11.1. The molecule has 4 heteroatoms. The number of rotatable bonds is 6. The monoisotopic (exact) mass is 329 g/mol. The van der Waals surface area contributed by atoms with E-state index in [2.05, 4.69) is 0 Å². The molecule has 23 heavy (non-hydrogen) atoms. The minimum absolute atomic E-state index is 0.179. The molecule has 0 atom stereocenters. The third kappa shape index (κ3) is 3.50. The largest absolute Gasteiger partial charge is 0.492 e. The molecule has 2 aromatic carbocycles. The molecule has 0 bridgehead atoms. The van der Waals surface area contributed by atoms with E-state index in [4.69, 9.17) is 16.3 Å². The van der Waals surface area contributed by atoms with Gasteiger partial charge in [-0.15, -0.1) is 0 Å². The Kier molecular flexibility index (Phi) is 4.58. The Balaban J connectivity index is 1.56. The number of amides is 1. The quantitative estimate of drug-likeness (QED) is 0.804. The Morgan fingerprint density at radius 3 is 2.57 bits per heavy atom. The fourth-order valence-corrected chi connectivity index (χ4v) is 3.01. The van der Waals surface area contributed by atoms with Crippen LogP contribution in [0, 0.1) is 0 Å². The van der Waals surface area contributed by atoms with Crippen LogP contribution in [-0.2, 0) is 10.2 Å². The Hall–Kier alpha value is -2.00. The van der Waals surface area contributed by atoms with Crippen molar-refractivity contribution in [3.8, 4) is 5.75 Å². The van der Waals surface area contributed by atoms with Crippen molar-refractivity contribution in [1.29, 1.82) is 0 Å². The summed E-state index contributed by atoms with van der Waals surface area (Å²) in [5.41, 5.74) is 0.805. The second kappa shape index (κ2) is 6.63. The lowest BCUT2D eigenvalue weighted by Crippen LogP contribution is -2.38. The van der Waals surface area contributed by atoms with Gasteiger partial charge in [0.2, 0.25) is 5.91 Å². The normalized spacial score (nSPS) is 15.0. The van der Waals surface area contributed by atoms with Crippen molar-refractivity contribution in [2.75, 3.05) is 20.2 Å². The van der Waals surface area contributed by atoms with E-state index in [0.717, 1.165) is 24.2 Å². The average molecular weight is 330 g/mol. The van der Waals surface area contributed by atoms with Gasteiger partial charge in [-0.25, -0.2) is 0 Å². The zero-order valence-electron chi connectivity index (χ0n) is 13.2. The molecule has 0 N–H and O–H groups in total. The lowest BCUT2D eigenvalue weighted by atomic mass is 9.94. The molecule has 0 saturated heterocycles.